The third-order valence-corrected chi connectivity index (χ3v) is 5.50. The Morgan fingerprint density at radius 2 is 2.10 bits per heavy atom. The van der Waals surface area contributed by atoms with E-state index in [2.05, 4.69) is 0 Å². The normalized spacial score (nSPS) is 11.8. The van der Waals surface area contributed by atoms with Crippen LogP contribution in [-0.2, 0) is 16.6 Å². The Labute approximate surface area is 129 Å². The molecule has 7 heteroatoms. The summed E-state index contributed by atoms with van der Waals surface area (Å²) in [5.41, 5.74) is 7.06. The second kappa shape index (κ2) is 6.46. The topological polar surface area (TPSA) is 72.6 Å². The number of benzene rings is 1. The molecule has 0 aliphatic carbocycles. The van der Waals surface area contributed by atoms with E-state index in [-0.39, 0.29) is 4.90 Å². The van der Waals surface area contributed by atoms with Gasteiger partial charge >= 0.3 is 0 Å². The van der Waals surface area contributed by atoms with Gasteiger partial charge in [-0.15, -0.1) is 0 Å². The smallest absolute Gasteiger partial charge is 0.246 e. The second-order valence-corrected chi connectivity index (χ2v) is 7.33. The largest absolute Gasteiger partial charge is 0.492 e. The van der Waals surface area contributed by atoms with Gasteiger partial charge in [-0.05, 0) is 47.5 Å². The number of rotatable bonds is 6. The summed E-state index contributed by atoms with van der Waals surface area (Å²) in [7, 11) is -2.11. The van der Waals surface area contributed by atoms with Gasteiger partial charge in [-0.2, -0.15) is 15.6 Å². The highest BCUT2D eigenvalue weighted by Crippen LogP contribution is 2.29. The molecule has 114 valence electrons. The van der Waals surface area contributed by atoms with Gasteiger partial charge in [0.15, 0.2) is 0 Å². The van der Waals surface area contributed by atoms with E-state index in [0.29, 0.717) is 24.6 Å². The van der Waals surface area contributed by atoms with Crippen molar-refractivity contribution in [3.8, 4) is 5.75 Å². The molecule has 2 rings (SSSR count). The molecule has 0 aliphatic heterocycles. The molecular formula is C14H18N2O3S2. The van der Waals surface area contributed by atoms with Crippen LogP contribution < -0.4 is 10.5 Å². The summed E-state index contributed by atoms with van der Waals surface area (Å²) >= 11 is 1.54. The van der Waals surface area contributed by atoms with Crippen molar-refractivity contribution in [3.05, 3.63) is 40.6 Å². The monoisotopic (exact) mass is 326 g/mol. The van der Waals surface area contributed by atoms with Crippen LogP contribution in [-0.4, -0.2) is 26.4 Å². The van der Waals surface area contributed by atoms with Crippen LogP contribution in [0.1, 0.15) is 12.5 Å². The average molecular weight is 326 g/mol. The van der Waals surface area contributed by atoms with Gasteiger partial charge < -0.3 is 10.5 Å². The summed E-state index contributed by atoms with van der Waals surface area (Å²) in [6.45, 7) is 2.51. The SMILES string of the molecule is CCOc1ccc(N)cc1S(=O)(=O)N(C)Cc1ccsc1. The summed E-state index contributed by atoms with van der Waals surface area (Å²) in [5, 5.41) is 3.84. The summed E-state index contributed by atoms with van der Waals surface area (Å²) in [6, 6.07) is 6.55. The Kier molecular flexibility index (Phi) is 4.87. The Morgan fingerprint density at radius 3 is 2.71 bits per heavy atom. The predicted octanol–water partition coefficient (Wildman–Crippen LogP) is 2.55. The number of thiophene rings is 1. The van der Waals surface area contributed by atoms with E-state index in [1.165, 1.54) is 21.7 Å². The number of nitrogens with two attached hydrogens (primary N) is 1. The van der Waals surface area contributed by atoms with Gasteiger partial charge in [-0.1, -0.05) is 0 Å². The van der Waals surface area contributed by atoms with E-state index >= 15 is 0 Å². The van der Waals surface area contributed by atoms with E-state index < -0.39 is 10.0 Å². The first-order valence-corrected chi connectivity index (χ1v) is 8.83. The summed E-state index contributed by atoms with van der Waals surface area (Å²) in [6.07, 6.45) is 0. The average Bonchev–Trinajstić information content (AvgIpc) is 2.93. The zero-order valence-electron chi connectivity index (χ0n) is 11.9. The van der Waals surface area contributed by atoms with Gasteiger partial charge in [0.25, 0.3) is 0 Å². The maximum atomic E-state index is 12.7. The lowest BCUT2D eigenvalue weighted by Crippen LogP contribution is -2.27. The van der Waals surface area contributed by atoms with Crippen LogP contribution in [0.5, 0.6) is 5.75 Å². The molecule has 0 radical (unpaired) electrons. The quantitative estimate of drug-likeness (QED) is 0.828. The summed E-state index contributed by atoms with van der Waals surface area (Å²) in [5.74, 6) is 0.323. The van der Waals surface area contributed by atoms with Crippen LogP contribution in [0.2, 0.25) is 0 Å². The highest BCUT2D eigenvalue weighted by atomic mass is 32.2. The van der Waals surface area contributed by atoms with Crippen molar-refractivity contribution in [1.29, 1.82) is 0 Å². The molecule has 5 nitrogen and oxygen atoms in total. The van der Waals surface area contributed by atoms with Crippen molar-refractivity contribution in [2.24, 2.45) is 0 Å². The lowest BCUT2D eigenvalue weighted by Gasteiger charge is -2.19. The molecule has 0 bridgehead atoms. The van der Waals surface area contributed by atoms with Crippen LogP contribution in [0.25, 0.3) is 0 Å². The first-order valence-electron chi connectivity index (χ1n) is 6.45. The Balaban J connectivity index is 2.36. The molecule has 0 aliphatic rings. The Morgan fingerprint density at radius 1 is 1.33 bits per heavy atom. The lowest BCUT2D eigenvalue weighted by atomic mass is 10.3. The first-order chi connectivity index (χ1) is 9.95. The lowest BCUT2D eigenvalue weighted by molar-refractivity contribution is 0.329. The molecule has 0 amide bonds. The third kappa shape index (κ3) is 3.55. The molecule has 1 aromatic heterocycles. The standard InChI is InChI=1S/C14H18N2O3S2/c1-3-19-13-5-4-12(15)8-14(13)21(17,18)16(2)9-11-6-7-20-10-11/h4-8,10H,3,9,15H2,1-2H3. The second-order valence-electron chi connectivity index (χ2n) is 4.53. The van der Waals surface area contributed by atoms with Crippen molar-refractivity contribution < 1.29 is 13.2 Å². The number of anilines is 1. The minimum atomic E-state index is -3.66. The van der Waals surface area contributed by atoms with Gasteiger partial charge in [0, 0.05) is 19.3 Å². The fourth-order valence-electron chi connectivity index (χ4n) is 1.89. The number of nitrogen functional groups attached to an aromatic ring is 1. The maximum absolute atomic E-state index is 12.7. The fourth-order valence-corrected chi connectivity index (χ4v) is 3.87. The minimum absolute atomic E-state index is 0.0991. The Bertz CT molecular complexity index is 697. The van der Waals surface area contributed by atoms with Crippen molar-refractivity contribution in [3.63, 3.8) is 0 Å². The number of nitrogens with zero attached hydrogens (tertiary/aromatic N) is 1. The van der Waals surface area contributed by atoms with Crippen LogP contribution in [0.3, 0.4) is 0 Å². The van der Waals surface area contributed by atoms with Crippen molar-refractivity contribution >= 4 is 27.0 Å². The van der Waals surface area contributed by atoms with Gasteiger partial charge in [0.1, 0.15) is 10.6 Å². The maximum Gasteiger partial charge on any atom is 0.246 e. The molecule has 2 aromatic rings. The fraction of sp³-hybridized carbons (Fsp3) is 0.286. The van der Waals surface area contributed by atoms with Crippen molar-refractivity contribution in [1.82, 2.24) is 4.31 Å². The molecule has 0 unspecified atom stereocenters. The molecule has 0 saturated heterocycles. The van der Waals surface area contributed by atoms with Crippen LogP contribution in [0.15, 0.2) is 39.9 Å². The van der Waals surface area contributed by atoms with E-state index in [1.54, 1.807) is 19.2 Å². The molecular weight excluding hydrogens is 308 g/mol. The minimum Gasteiger partial charge on any atom is -0.492 e. The van der Waals surface area contributed by atoms with E-state index in [4.69, 9.17) is 10.5 Å². The molecule has 1 aromatic carbocycles. The van der Waals surface area contributed by atoms with Crippen molar-refractivity contribution in [2.45, 2.75) is 18.4 Å². The van der Waals surface area contributed by atoms with Crippen LogP contribution >= 0.6 is 11.3 Å². The zero-order valence-corrected chi connectivity index (χ0v) is 13.6. The molecule has 0 atom stereocenters. The number of hydrogen-bond acceptors (Lipinski definition) is 5. The van der Waals surface area contributed by atoms with E-state index in [0.717, 1.165) is 5.56 Å². The highest BCUT2D eigenvalue weighted by molar-refractivity contribution is 7.89. The van der Waals surface area contributed by atoms with E-state index in [1.807, 2.05) is 23.8 Å². The molecule has 1 heterocycles. The molecule has 0 spiro atoms. The van der Waals surface area contributed by atoms with Gasteiger partial charge in [-0.3, -0.25) is 0 Å². The Hall–Kier alpha value is -1.57. The first kappa shape index (κ1) is 15.8. The highest BCUT2D eigenvalue weighted by Gasteiger charge is 2.25. The number of ether oxygens (including phenoxy) is 1. The molecule has 0 saturated carbocycles. The predicted molar refractivity (Wildman–Crippen MR) is 85.0 cm³/mol. The number of hydrogen-bond donors (Lipinski definition) is 1. The summed E-state index contributed by atoms with van der Waals surface area (Å²) < 4.78 is 32.1. The third-order valence-electron chi connectivity index (χ3n) is 2.94. The summed E-state index contributed by atoms with van der Waals surface area (Å²) in [4.78, 5) is 0.0991. The number of sulfonamides is 1. The van der Waals surface area contributed by atoms with Gasteiger partial charge in [0.05, 0.1) is 6.61 Å². The molecule has 21 heavy (non-hydrogen) atoms. The zero-order chi connectivity index (χ0) is 15.5. The van der Waals surface area contributed by atoms with Gasteiger partial charge in [-0.25, -0.2) is 8.42 Å². The van der Waals surface area contributed by atoms with Crippen molar-refractivity contribution in [2.75, 3.05) is 19.4 Å². The molecule has 2 N–H and O–H groups in total. The van der Waals surface area contributed by atoms with Gasteiger partial charge in [0.2, 0.25) is 10.0 Å². The molecule has 0 fully saturated rings. The van der Waals surface area contributed by atoms with E-state index in [9.17, 15) is 8.42 Å². The van der Waals surface area contributed by atoms with Crippen LogP contribution in [0, 0.1) is 0 Å². The van der Waals surface area contributed by atoms with Crippen LogP contribution in [0.4, 0.5) is 5.69 Å².